The molecule has 4 nitrogen and oxygen atoms in total. The third-order valence-corrected chi connectivity index (χ3v) is 2.59. The van der Waals surface area contributed by atoms with Crippen molar-refractivity contribution in [3.63, 3.8) is 0 Å². The highest BCUT2D eigenvalue weighted by molar-refractivity contribution is 5.36. The second kappa shape index (κ2) is 5.32. The van der Waals surface area contributed by atoms with Crippen molar-refractivity contribution in [2.45, 2.75) is 20.1 Å². The van der Waals surface area contributed by atoms with Gasteiger partial charge in [0.05, 0.1) is 23.8 Å². The van der Waals surface area contributed by atoms with E-state index in [1.54, 1.807) is 24.7 Å². The van der Waals surface area contributed by atoms with Crippen LogP contribution in [-0.2, 0) is 13.2 Å². The van der Waals surface area contributed by atoms with E-state index in [2.05, 4.69) is 4.98 Å². The van der Waals surface area contributed by atoms with E-state index in [9.17, 15) is 4.39 Å². The molecule has 0 aliphatic rings. The number of hydrogen-bond donors (Lipinski definition) is 0. The van der Waals surface area contributed by atoms with Crippen LogP contribution >= 0.6 is 0 Å². The maximum Gasteiger partial charge on any atom is 0.144 e. The van der Waals surface area contributed by atoms with Crippen LogP contribution in [0.5, 0.6) is 5.75 Å². The van der Waals surface area contributed by atoms with E-state index in [4.69, 9.17) is 10.00 Å². The van der Waals surface area contributed by atoms with Crippen LogP contribution in [0.25, 0.3) is 0 Å². The molecule has 0 saturated carbocycles. The Labute approximate surface area is 104 Å². The normalized spacial score (nSPS) is 10.1. The van der Waals surface area contributed by atoms with Gasteiger partial charge in [0.1, 0.15) is 24.2 Å². The van der Waals surface area contributed by atoms with Gasteiger partial charge < -0.3 is 9.30 Å². The number of aryl methyl sites for hydroxylation is 1. The van der Waals surface area contributed by atoms with Crippen LogP contribution in [0.3, 0.4) is 0 Å². The standard InChI is InChI=1S/C13H12FN3O/c1-2-17-9-16-7-11(17)8-18-12-4-3-10(6-15)13(14)5-12/h3-5,7,9H,2,8H2,1H3. The first-order valence-electron chi connectivity index (χ1n) is 5.56. The smallest absolute Gasteiger partial charge is 0.144 e. The number of hydrogen-bond acceptors (Lipinski definition) is 3. The minimum atomic E-state index is -0.570. The van der Waals surface area contributed by atoms with E-state index in [0.717, 1.165) is 12.2 Å². The van der Waals surface area contributed by atoms with Gasteiger partial charge in [0, 0.05) is 12.6 Å². The fourth-order valence-electron chi connectivity index (χ4n) is 1.59. The zero-order valence-electron chi connectivity index (χ0n) is 9.93. The fourth-order valence-corrected chi connectivity index (χ4v) is 1.59. The minimum Gasteiger partial charge on any atom is -0.487 e. The van der Waals surface area contributed by atoms with Crippen molar-refractivity contribution in [3.05, 3.63) is 47.8 Å². The molecule has 1 aromatic carbocycles. The number of nitrogens with zero attached hydrogens (tertiary/aromatic N) is 3. The second-order valence-corrected chi connectivity index (χ2v) is 3.71. The molecule has 0 fully saturated rings. The van der Waals surface area contributed by atoms with Crippen molar-refractivity contribution in [3.8, 4) is 11.8 Å². The Morgan fingerprint density at radius 1 is 1.50 bits per heavy atom. The summed E-state index contributed by atoms with van der Waals surface area (Å²) >= 11 is 0. The van der Waals surface area contributed by atoms with Gasteiger partial charge in [0.15, 0.2) is 0 Å². The molecular formula is C13H12FN3O. The summed E-state index contributed by atoms with van der Waals surface area (Å²) in [5.41, 5.74) is 0.934. The van der Waals surface area contributed by atoms with Gasteiger partial charge in [-0.1, -0.05) is 0 Å². The summed E-state index contributed by atoms with van der Waals surface area (Å²) in [5, 5.41) is 8.62. The molecule has 0 aliphatic carbocycles. The quantitative estimate of drug-likeness (QED) is 0.831. The van der Waals surface area contributed by atoms with E-state index < -0.39 is 5.82 Å². The third-order valence-electron chi connectivity index (χ3n) is 2.59. The molecule has 2 rings (SSSR count). The Bertz CT molecular complexity index is 586. The average molecular weight is 245 g/mol. The highest BCUT2D eigenvalue weighted by atomic mass is 19.1. The summed E-state index contributed by atoms with van der Waals surface area (Å²) in [4.78, 5) is 4.02. The maximum atomic E-state index is 13.3. The average Bonchev–Trinajstić information content (AvgIpc) is 2.84. The van der Waals surface area contributed by atoms with Gasteiger partial charge in [0.25, 0.3) is 0 Å². The van der Waals surface area contributed by atoms with E-state index in [0.29, 0.717) is 12.4 Å². The van der Waals surface area contributed by atoms with Gasteiger partial charge in [-0.25, -0.2) is 9.37 Å². The second-order valence-electron chi connectivity index (χ2n) is 3.71. The number of rotatable bonds is 4. The Morgan fingerprint density at radius 2 is 2.33 bits per heavy atom. The molecule has 0 atom stereocenters. The summed E-state index contributed by atoms with van der Waals surface area (Å²) in [6.07, 6.45) is 3.43. The molecule has 92 valence electrons. The molecule has 0 bridgehead atoms. The SMILES string of the molecule is CCn1cncc1COc1ccc(C#N)c(F)c1. The van der Waals surface area contributed by atoms with Gasteiger partial charge in [-0.2, -0.15) is 5.26 Å². The fraction of sp³-hybridized carbons (Fsp3) is 0.231. The van der Waals surface area contributed by atoms with E-state index >= 15 is 0 Å². The van der Waals surface area contributed by atoms with Crippen molar-refractivity contribution >= 4 is 0 Å². The van der Waals surface area contributed by atoms with Crippen molar-refractivity contribution < 1.29 is 9.13 Å². The molecule has 0 spiro atoms. The number of aromatic nitrogens is 2. The summed E-state index contributed by atoms with van der Waals surface area (Å²) in [6, 6.07) is 5.96. The lowest BCUT2D eigenvalue weighted by atomic mass is 10.2. The predicted octanol–water partition coefficient (Wildman–Crippen LogP) is 2.49. The molecule has 5 heteroatoms. The summed E-state index contributed by atoms with van der Waals surface area (Å²) in [6.45, 7) is 3.13. The molecule has 1 aromatic heterocycles. The van der Waals surface area contributed by atoms with Crippen LogP contribution in [0.2, 0.25) is 0 Å². The molecular weight excluding hydrogens is 233 g/mol. The molecule has 2 aromatic rings. The Kier molecular flexibility index (Phi) is 3.58. The molecule has 0 radical (unpaired) electrons. The van der Waals surface area contributed by atoms with Crippen LogP contribution < -0.4 is 4.74 Å². The van der Waals surface area contributed by atoms with Gasteiger partial charge in [-0.3, -0.25) is 0 Å². The molecule has 0 N–H and O–H groups in total. The molecule has 0 unspecified atom stereocenters. The summed E-state index contributed by atoms with van der Waals surface area (Å²) < 4.78 is 20.7. The molecule has 0 saturated heterocycles. The van der Waals surface area contributed by atoms with Crippen LogP contribution in [-0.4, -0.2) is 9.55 Å². The van der Waals surface area contributed by atoms with Crippen molar-refractivity contribution in [1.29, 1.82) is 5.26 Å². The summed E-state index contributed by atoms with van der Waals surface area (Å²) in [5.74, 6) is -0.172. The largest absolute Gasteiger partial charge is 0.487 e. The first-order chi connectivity index (χ1) is 8.74. The Morgan fingerprint density at radius 3 is 3.00 bits per heavy atom. The Balaban J connectivity index is 2.07. The monoisotopic (exact) mass is 245 g/mol. The van der Waals surface area contributed by atoms with Crippen molar-refractivity contribution in [1.82, 2.24) is 9.55 Å². The number of imidazole rings is 1. The molecule has 18 heavy (non-hydrogen) atoms. The van der Waals surface area contributed by atoms with Gasteiger partial charge in [-0.05, 0) is 19.1 Å². The number of nitriles is 1. The zero-order valence-corrected chi connectivity index (χ0v) is 9.93. The van der Waals surface area contributed by atoms with E-state index in [-0.39, 0.29) is 5.56 Å². The number of ether oxygens (including phenoxy) is 1. The van der Waals surface area contributed by atoms with E-state index in [1.807, 2.05) is 11.5 Å². The first-order valence-corrected chi connectivity index (χ1v) is 5.56. The predicted molar refractivity (Wildman–Crippen MR) is 63.3 cm³/mol. The topological polar surface area (TPSA) is 50.8 Å². The van der Waals surface area contributed by atoms with Gasteiger partial charge in [-0.15, -0.1) is 0 Å². The van der Waals surface area contributed by atoms with Crippen LogP contribution in [0.4, 0.5) is 4.39 Å². The first kappa shape index (κ1) is 12.1. The van der Waals surface area contributed by atoms with Crippen molar-refractivity contribution in [2.75, 3.05) is 0 Å². The van der Waals surface area contributed by atoms with Crippen LogP contribution in [0, 0.1) is 17.1 Å². The minimum absolute atomic E-state index is 0.0148. The lowest BCUT2D eigenvalue weighted by molar-refractivity contribution is 0.294. The Hall–Kier alpha value is -2.35. The zero-order chi connectivity index (χ0) is 13.0. The highest BCUT2D eigenvalue weighted by Crippen LogP contribution is 2.17. The maximum absolute atomic E-state index is 13.3. The van der Waals surface area contributed by atoms with Crippen LogP contribution in [0.1, 0.15) is 18.2 Å². The number of halogens is 1. The molecule has 0 aliphatic heterocycles. The molecule has 1 heterocycles. The van der Waals surface area contributed by atoms with Gasteiger partial charge in [0.2, 0.25) is 0 Å². The van der Waals surface area contributed by atoms with E-state index in [1.165, 1.54) is 12.1 Å². The number of benzene rings is 1. The lowest BCUT2D eigenvalue weighted by Crippen LogP contribution is -2.03. The lowest BCUT2D eigenvalue weighted by Gasteiger charge is -2.08. The third kappa shape index (κ3) is 2.48. The summed E-state index contributed by atoms with van der Waals surface area (Å²) in [7, 11) is 0. The highest BCUT2D eigenvalue weighted by Gasteiger charge is 2.05. The van der Waals surface area contributed by atoms with Crippen LogP contribution in [0.15, 0.2) is 30.7 Å². The van der Waals surface area contributed by atoms with Gasteiger partial charge >= 0.3 is 0 Å². The van der Waals surface area contributed by atoms with Crippen molar-refractivity contribution in [2.24, 2.45) is 0 Å². The molecule has 0 amide bonds.